The van der Waals surface area contributed by atoms with Crippen LogP contribution < -0.4 is 20.7 Å². The number of benzene rings is 1. The summed E-state index contributed by atoms with van der Waals surface area (Å²) in [6.07, 6.45) is 5.16. The van der Waals surface area contributed by atoms with Crippen molar-refractivity contribution in [2.45, 2.75) is 58.1 Å². The molecular formula is C19H27N3O5. The number of hydrogen-bond donors (Lipinski definition) is 4. The number of rotatable bonds is 7. The van der Waals surface area contributed by atoms with Crippen molar-refractivity contribution in [1.29, 1.82) is 0 Å². The Morgan fingerprint density at radius 3 is 2.52 bits per heavy atom. The van der Waals surface area contributed by atoms with Gasteiger partial charge in [-0.1, -0.05) is 19.3 Å². The van der Waals surface area contributed by atoms with Gasteiger partial charge in [0.15, 0.2) is 0 Å². The van der Waals surface area contributed by atoms with Crippen molar-refractivity contribution in [1.82, 2.24) is 10.6 Å². The van der Waals surface area contributed by atoms with Crippen molar-refractivity contribution < 1.29 is 24.2 Å². The van der Waals surface area contributed by atoms with Crippen molar-refractivity contribution in [2.24, 2.45) is 0 Å². The fraction of sp³-hybridized carbons (Fsp3) is 0.526. The zero-order valence-electron chi connectivity index (χ0n) is 15.7. The number of aromatic carboxylic acids is 1. The lowest BCUT2D eigenvalue weighted by molar-refractivity contribution is -0.115. The molecule has 1 saturated carbocycles. The number of nitrogens with one attached hydrogen (secondary N) is 3. The van der Waals surface area contributed by atoms with Crippen LogP contribution in [0.2, 0.25) is 0 Å². The average Bonchev–Trinajstić information content (AvgIpc) is 2.62. The zero-order chi connectivity index (χ0) is 19.8. The third-order valence-electron chi connectivity index (χ3n) is 4.21. The summed E-state index contributed by atoms with van der Waals surface area (Å²) in [6, 6.07) is 4.02. The van der Waals surface area contributed by atoms with E-state index in [0.717, 1.165) is 25.7 Å². The Morgan fingerprint density at radius 1 is 1.19 bits per heavy atom. The van der Waals surface area contributed by atoms with Crippen molar-refractivity contribution >= 4 is 23.6 Å². The average molecular weight is 377 g/mol. The summed E-state index contributed by atoms with van der Waals surface area (Å²) in [5.41, 5.74) is 0.285. The van der Waals surface area contributed by atoms with E-state index in [-0.39, 0.29) is 36.0 Å². The predicted octanol–water partition coefficient (Wildman–Crippen LogP) is 2.74. The van der Waals surface area contributed by atoms with Gasteiger partial charge in [0, 0.05) is 6.04 Å². The van der Waals surface area contributed by atoms with E-state index in [9.17, 15) is 14.4 Å². The molecule has 0 heterocycles. The number of carboxylic acids is 1. The molecule has 2 rings (SSSR count). The molecule has 0 saturated heterocycles. The number of hydrogen-bond acceptors (Lipinski definition) is 4. The van der Waals surface area contributed by atoms with E-state index < -0.39 is 11.9 Å². The van der Waals surface area contributed by atoms with Gasteiger partial charge in [0.2, 0.25) is 5.91 Å². The van der Waals surface area contributed by atoms with Gasteiger partial charge in [-0.3, -0.25) is 4.79 Å². The van der Waals surface area contributed by atoms with Crippen LogP contribution in [0.1, 0.15) is 56.3 Å². The number of carboxylic acid groups (broad SMARTS) is 1. The van der Waals surface area contributed by atoms with E-state index >= 15 is 0 Å². The molecule has 0 aromatic heterocycles. The SMILES string of the molecule is CC(C)Oc1ccc(C(=O)O)cc1NC(=O)CNC(=O)NC1CCCCC1. The molecule has 0 spiro atoms. The van der Waals surface area contributed by atoms with E-state index in [1.54, 1.807) is 0 Å². The lowest BCUT2D eigenvalue weighted by Crippen LogP contribution is -2.45. The highest BCUT2D eigenvalue weighted by Crippen LogP contribution is 2.27. The van der Waals surface area contributed by atoms with Crippen LogP contribution in [0.4, 0.5) is 10.5 Å². The standard InChI is InChI=1S/C19H27N3O5/c1-12(2)27-16-9-8-13(18(24)25)10-15(16)22-17(23)11-20-19(26)21-14-6-4-3-5-7-14/h8-10,12,14H,3-7,11H2,1-2H3,(H,22,23)(H,24,25)(H2,20,21,26). The molecule has 0 unspecified atom stereocenters. The summed E-state index contributed by atoms with van der Waals surface area (Å²) >= 11 is 0. The van der Waals surface area contributed by atoms with Gasteiger partial charge in [-0.25, -0.2) is 9.59 Å². The van der Waals surface area contributed by atoms with E-state index in [4.69, 9.17) is 9.84 Å². The summed E-state index contributed by atoms with van der Waals surface area (Å²) in [6.45, 7) is 3.43. The molecule has 1 aliphatic rings. The first kappa shape index (κ1) is 20.5. The van der Waals surface area contributed by atoms with Gasteiger partial charge < -0.3 is 25.8 Å². The van der Waals surface area contributed by atoms with Crippen LogP contribution in [-0.4, -0.2) is 41.7 Å². The van der Waals surface area contributed by atoms with Gasteiger partial charge in [0.25, 0.3) is 0 Å². The van der Waals surface area contributed by atoms with Crippen molar-refractivity contribution in [3.8, 4) is 5.75 Å². The highest BCUT2D eigenvalue weighted by Gasteiger charge is 2.17. The van der Waals surface area contributed by atoms with Crippen molar-refractivity contribution in [2.75, 3.05) is 11.9 Å². The first-order chi connectivity index (χ1) is 12.8. The number of amides is 3. The largest absolute Gasteiger partial charge is 0.489 e. The molecule has 27 heavy (non-hydrogen) atoms. The summed E-state index contributed by atoms with van der Waals surface area (Å²) in [5, 5.41) is 17.1. The molecule has 0 atom stereocenters. The molecule has 1 aromatic carbocycles. The second kappa shape index (κ2) is 9.80. The maximum atomic E-state index is 12.2. The van der Waals surface area contributed by atoms with Gasteiger partial charge in [-0.05, 0) is 44.9 Å². The van der Waals surface area contributed by atoms with E-state index in [0.29, 0.717) is 5.75 Å². The highest BCUT2D eigenvalue weighted by atomic mass is 16.5. The Morgan fingerprint density at radius 2 is 1.89 bits per heavy atom. The Kier molecular flexibility index (Phi) is 7.45. The molecule has 8 heteroatoms. The van der Waals surface area contributed by atoms with Gasteiger partial charge in [-0.15, -0.1) is 0 Å². The predicted molar refractivity (Wildman–Crippen MR) is 101 cm³/mol. The molecular weight excluding hydrogens is 350 g/mol. The topological polar surface area (TPSA) is 117 Å². The minimum Gasteiger partial charge on any atom is -0.489 e. The Hall–Kier alpha value is -2.77. The molecule has 0 bridgehead atoms. The second-order valence-electron chi connectivity index (χ2n) is 6.89. The van der Waals surface area contributed by atoms with Crippen LogP contribution in [0.15, 0.2) is 18.2 Å². The number of urea groups is 1. The summed E-state index contributed by atoms with van der Waals surface area (Å²) in [7, 11) is 0. The fourth-order valence-corrected chi connectivity index (χ4v) is 2.96. The minimum absolute atomic E-state index is 0.0319. The van der Waals surface area contributed by atoms with Gasteiger partial charge in [-0.2, -0.15) is 0 Å². The molecule has 4 N–H and O–H groups in total. The quantitative estimate of drug-likeness (QED) is 0.583. The molecule has 1 aromatic rings. The summed E-state index contributed by atoms with van der Waals surface area (Å²) in [4.78, 5) is 35.2. The normalized spacial score (nSPS) is 14.5. The lowest BCUT2D eigenvalue weighted by Gasteiger charge is -2.22. The minimum atomic E-state index is -1.11. The van der Waals surface area contributed by atoms with Crippen LogP contribution in [0.5, 0.6) is 5.75 Å². The maximum absolute atomic E-state index is 12.2. The van der Waals surface area contributed by atoms with Crippen molar-refractivity contribution in [3.05, 3.63) is 23.8 Å². The lowest BCUT2D eigenvalue weighted by atomic mass is 9.96. The zero-order valence-corrected chi connectivity index (χ0v) is 15.7. The molecule has 1 fully saturated rings. The number of carbonyl (C=O) groups excluding carboxylic acids is 2. The first-order valence-corrected chi connectivity index (χ1v) is 9.23. The Bertz CT molecular complexity index is 684. The maximum Gasteiger partial charge on any atom is 0.335 e. The third kappa shape index (κ3) is 6.80. The highest BCUT2D eigenvalue weighted by molar-refractivity contribution is 5.97. The molecule has 1 aliphatic carbocycles. The summed E-state index contributed by atoms with van der Waals surface area (Å²) < 4.78 is 5.60. The van der Waals surface area contributed by atoms with E-state index in [2.05, 4.69) is 16.0 Å². The monoisotopic (exact) mass is 377 g/mol. The van der Waals surface area contributed by atoms with Crippen LogP contribution in [-0.2, 0) is 4.79 Å². The molecule has 3 amide bonds. The van der Waals surface area contributed by atoms with Crippen LogP contribution in [0.3, 0.4) is 0 Å². The smallest absolute Gasteiger partial charge is 0.335 e. The van der Waals surface area contributed by atoms with Gasteiger partial charge in [0.1, 0.15) is 5.75 Å². The van der Waals surface area contributed by atoms with Crippen LogP contribution in [0, 0.1) is 0 Å². The first-order valence-electron chi connectivity index (χ1n) is 9.23. The fourth-order valence-electron chi connectivity index (χ4n) is 2.96. The number of carbonyl (C=O) groups is 3. The Labute approximate surface area is 158 Å². The van der Waals surface area contributed by atoms with E-state index in [1.165, 1.54) is 24.6 Å². The summed E-state index contributed by atoms with van der Waals surface area (Å²) in [5.74, 6) is -1.20. The van der Waals surface area contributed by atoms with Crippen LogP contribution in [0.25, 0.3) is 0 Å². The van der Waals surface area contributed by atoms with E-state index in [1.807, 2.05) is 13.8 Å². The van der Waals surface area contributed by atoms with Gasteiger partial charge in [0.05, 0.1) is 23.9 Å². The number of ether oxygens (including phenoxy) is 1. The van der Waals surface area contributed by atoms with Crippen LogP contribution >= 0.6 is 0 Å². The third-order valence-corrected chi connectivity index (χ3v) is 4.21. The van der Waals surface area contributed by atoms with Gasteiger partial charge >= 0.3 is 12.0 Å². The number of anilines is 1. The molecule has 0 aliphatic heterocycles. The second-order valence-corrected chi connectivity index (χ2v) is 6.89. The molecule has 0 radical (unpaired) electrons. The molecule has 148 valence electrons. The Balaban J connectivity index is 1.92. The van der Waals surface area contributed by atoms with Crippen molar-refractivity contribution in [3.63, 3.8) is 0 Å². The molecule has 8 nitrogen and oxygen atoms in total.